The highest BCUT2D eigenvalue weighted by Gasteiger charge is 2.06. The maximum Gasteiger partial charge on any atom is 0.120 e. The van der Waals surface area contributed by atoms with Crippen LogP contribution in [0.5, 0.6) is 0 Å². The van der Waals surface area contributed by atoms with Crippen LogP contribution in [-0.2, 0) is 0 Å². The predicted molar refractivity (Wildman–Crippen MR) is 71.9 cm³/mol. The standard InChI is InChI=1S/C11H8BrClN2S/c12-8-3-1-2-4-10(8)16-11-9(13)5-7(14)6-15-11/h1-6H,14H2. The Bertz CT molecular complexity index is 519. The average molecular weight is 316 g/mol. The zero-order valence-corrected chi connectivity index (χ0v) is 11.3. The molecular weight excluding hydrogens is 308 g/mol. The van der Waals surface area contributed by atoms with Gasteiger partial charge in [-0.2, -0.15) is 0 Å². The van der Waals surface area contributed by atoms with Gasteiger partial charge in [0.25, 0.3) is 0 Å². The molecular formula is C11H8BrClN2S. The molecule has 2 rings (SSSR count). The minimum absolute atomic E-state index is 0.570. The lowest BCUT2D eigenvalue weighted by atomic mass is 10.4. The number of halogens is 2. The van der Waals surface area contributed by atoms with Gasteiger partial charge in [-0.1, -0.05) is 35.5 Å². The number of nitrogens with two attached hydrogens (primary N) is 1. The first-order valence-corrected chi connectivity index (χ1v) is 6.49. The zero-order chi connectivity index (χ0) is 11.5. The molecule has 16 heavy (non-hydrogen) atoms. The number of nitrogens with zero attached hydrogens (tertiary/aromatic N) is 1. The van der Waals surface area contributed by atoms with Crippen LogP contribution in [0.1, 0.15) is 0 Å². The van der Waals surface area contributed by atoms with Gasteiger partial charge in [0.2, 0.25) is 0 Å². The Morgan fingerprint density at radius 1 is 1.31 bits per heavy atom. The molecule has 0 radical (unpaired) electrons. The van der Waals surface area contributed by atoms with Crippen molar-refractivity contribution in [3.05, 3.63) is 46.0 Å². The first kappa shape index (κ1) is 11.8. The average Bonchev–Trinajstić information content (AvgIpc) is 2.25. The number of aromatic nitrogens is 1. The summed E-state index contributed by atoms with van der Waals surface area (Å²) in [4.78, 5) is 5.27. The molecule has 0 saturated heterocycles. The zero-order valence-electron chi connectivity index (χ0n) is 8.15. The lowest BCUT2D eigenvalue weighted by molar-refractivity contribution is 1.13. The summed E-state index contributed by atoms with van der Waals surface area (Å²) in [5.74, 6) is 0. The number of rotatable bonds is 2. The molecule has 0 fully saturated rings. The Morgan fingerprint density at radius 3 is 2.75 bits per heavy atom. The minimum atomic E-state index is 0.570. The highest BCUT2D eigenvalue weighted by atomic mass is 79.9. The molecule has 1 heterocycles. The van der Waals surface area contributed by atoms with Crippen LogP contribution in [0.3, 0.4) is 0 Å². The van der Waals surface area contributed by atoms with Crippen molar-refractivity contribution >= 4 is 45.0 Å². The Kier molecular flexibility index (Phi) is 3.74. The number of hydrogen-bond donors (Lipinski definition) is 1. The van der Waals surface area contributed by atoms with Gasteiger partial charge in [0.1, 0.15) is 5.03 Å². The number of pyridine rings is 1. The van der Waals surface area contributed by atoms with Crippen molar-refractivity contribution in [2.24, 2.45) is 0 Å². The van der Waals surface area contributed by atoms with Gasteiger partial charge in [0, 0.05) is 9.37 Å². The van der Waals surface area contributed by atoms with Crippen molar-refractivity contribution in [3.63, 3.8) is 0 Å². The molecule has 0 spiro atoms. The molecule has 5 heteroatoms. The van der Waals surface area contributed by atoms with Crippen LogP contribution in [0.2, 0.25) is 5.02 Å². The quantitative estimate of drug-likeness (QED) is 0.901. The third-order valence-electron chi connectivity index (χ3n) is 1.87. The summed E-state index contributed by atoms with van der Waals surface area (Å²) >= 11 is 11.0. The third kappa shape index (κ3) is 2.70. The first-order chi connectivity index (χ1) is 7.66. The second-order valence-electron chi connectivity index (χ2n) is 3.09. The van der Waals surface area contributed by atoms with Gasteiger partial charge >= 0.3 is 0 Å². The van der Waals surface area contributed by atoms with Gasteiger partial charge in [-0.3, -0.25) is 0 Å². The summed E-state index contributed by atoms with van der Waals surface area (Å²) in [5, 5.41) is 1.32. The molecule has 0 aliphatic rings. The van der Waals surface area contributed by atoms with Crippen LogP contribution in [-0.4, -0.2) is 4.98 Å². The van der Waals surface area contributed by atoms with E-state index in [1.54, 1.807) is 12.3 Å². The van der Waals surface area contributed by atoms with E-state index in [2.05, 4.69) is 20.9 Å². The molecule has 0 aliphatic heterocycles. The molecule has 82 valence electrons. The van der Waals surface area contributed by atoms with Crippen molar-refractivity contribution in [1.82, 2.24) is 4.98 Å². The summed E-state index contributed by atoms with van der Waals surface area (Å²) in [6.07, 6.45) is 1.60. The third-order valence-corrected chi connectivity index (χ3v) is 4.32. The fourth-order valence-electron chi connectivity index (χ4n) is 1.15. The molecule has 0 saturated carbocycles. The highest BCUT2D eigenvalue weighted by Crippen LogP contribution is 2.36. The molecule has 2 N–H and O–H groups in total. The monoisotopic (exact) mass is 314 g/mol. The largest absolute Gasteiger partial charge is 0.397 e. The highest BCUT2D eigenvalue weighted by molar-refractivity contribution is 9.10. The molecule has 0 bridgehead atoms. The van der Waals surface area contributed by atoms with Gasteiger partial charge in [-0.05, 0) is 34.1 Å². The Balaban J connectivity index is 2.31. The van der Waals surface area contributed by atoms with E-state index in [0.717, 1.165) is 14.4 Å². The second-order valence-corrected chi connectivity index (χ2v) is 5.38. The predicted octanol–water partition coefficient (Wildman–Crippen LogP) is 4.23. The van der Waals surface area contributed by atoms with E-state index in [9.17, 15) is 0 Å². The van der Waals surface area contributed by atoms with E-state index < -0.39 is 0 Å². The molecule has 0 aliphatic carbocycles. The van der Waals surface area contributed by atoms with Crippen molar-refractivity contribution in [2.75, 3.05) is 5.73 Å². The van der Waals surface area contributed by atoms with Crippen LogP contribution < -0.4 is 5.73 Å². The second kappa shape index (κ2) is 5.08. The van der Waals surface area contributed by atoms with Crippen LogP contribution in [0.4, 0.5) is 5.69 Å². The SMILES string of the molecule is Nc1cnc(Sc2ccccc2Br)c(Cl)c1. The Labute approximate surface area is 111 Å². The summed E-state index contributed by atoms with van der Waals surface area (Å²) in [5.41, 5.74) is 6.16. The molecule has 2 aromatic rings. The molecule has 1 aromatic carbocycles. The fourth-order valence-corrected chi connectivity index (χ4v) is 2.75. The maximum absolute atomic E-state index is 6.05. The van der Waals surface area contributed by atoms with E-state index in [4.69, 9.17) is 17.3 Å². The van der Waals surface area contributed by atoms with Gasteiger partial charge in [0.15, 0.2) is 0 Å². The normalized spacial score (nSPS) is 10.4. The van der Waals surface area contributed by atoms with Crippen LogP contribution >= 0.6 is 39.3 Å². The molecule has 0 atom stereocenters. The molecule has 1 aromatic heterocycles. The fraction of sp³-hybridized carbons (Fsp3) is 0. The summed E-state index contributed by atoms with van der Waals surface area (Å²) in [6.45, 7) is 0. The Morgan fingerprint density at radius 2 is 2.06 bits per heavy atom. The topological polar surface area (TPSA) is 38.9 Å². The summed E-state index contributed by atoms with van der Waals surface area (Å²) < 4.78 is 1.02. The van der Waals surface area contributed by atoms with Crippen LogP contribution in [0.25, 0.3) is 0 Å². The van der Waals surface area contributed by atoms with Gasteiger partial charge < -0.3 is 5.73 Å². The smallest absolute Gasteiger partial charge is 0.120 e. The Hall–Kier alpha value is -0.710. The maximum atomic E-state index is 6.05. The number of hydrogen-bond acceptors (Lipinski definition) is 3. The summed E-state index contributed by atoms with van der Waals surface area (Å²) in [7, 11) is 0. The number of anilines is 1. The number of nitrogen functional groups attached to an aromatic ring is 1. The van der Waals surface area contributed by atoms with Gasteiger partial charge in [0.05, 0.1) is 16.9 Å². The van der Waals surface area contributed by atoms with Crippen LogP contribution in [0.15, 0.2) is 50.9 Å². The van der Waals surface area contributed by atoms with Crippen molar-refractivity contribution in [2.45, 2.75) is 9.92 Å². The number of benzene rings is 1. The van der Waals surface area contributed by atoms with E-state index in [1.807, 2.05) is 24.3 Å². The molecule has 2 nitrogen and oxygen atoms in total. The lowest BCUT2D eigenvalue weighted by Crippen LogP contribution is -1.88. The minimum Gasteiger partial charge on any atom is -0.397 e. The molecule has 0 unspecified atom stereocenters. The van der Waals surface area contributed by atoms with E-state index in [-0.39, 0.29) is 0 Å². The van der Waals surface area contributed by atoms with E-state index >= 15 is 0 Å². The first-order valence-electron chi connectivity index (χ1n) is 4.50. The molecule has 0 amide bonds. The van der Waals surface area contributed by atoms with E-state index in [1.165, 1.54) is 11.8 Å². The van der Waals surface area contributed by atoms with Gasteiger partial charge in [-0.15, -0.1) is 0 Å². The summed E-state index contributed by atoms with van der Waals surface area (Å²) in [6, 6.07) is 9.62. The van der Waals surface area contributed by atoms with Gasteiger partial charge in [-0.25, -0.2) is 4.98 Å². The lowest BCUT2D eigenvalue weighted by Gasteiger charge is -2.05. The van der Waals surface area contributed by atoms with Crippen molar-refractivity contribution < 1.29 is 0 Å². The van der Waals surface area contributed by atoms with Crippen molar-refractivity contribution in [3.8, 4) is 0 Å². The van der Waals surface area contributed by atoms with E-state index in [0.29, 0.717) is 10.7 Å². The van der Waals surface area contributed by atoms with Crippen molar-refractivity contribution in [1.29, 1.82) is 0 Å². The van der Waals surface area contributed by atoms with Crippen LogP contribution in [0, 0.1) is 0 Å².